The Bertz CT molecular complexity index is 741. The molecular formula is C16H19N5O3. The van der Waals surface area contributed by atoms with E-state index in [9.17, 15) is 9.59 Å². The maximum Gasteiger partial charge on any atom is 0.273 e. The van der Waals surface area contributed by atoms with Crippen molar-refractivity contribution in [1.29, 1.82) is 0 Å². The van der Waals surface area contributed by atoms with Crippen molar-refractivity contribution in [2.75, 3.05) is 0 Å². The Kier molecular flexibility index (Phi) is 4.54. The van der Waals surface area contributed by atoms with Gasteiger partial charge in [0.1, 0.15) is 11.5 Å². The molecule has 2 heterocycles. The molecule has 126 valence electrons. The standard InChI is InChI=1S/C16H19N5O3/c1-9(2)19-16(23)14-11-7-10(3-4-13(11)24-21-14)20-15(22)12-8-17-5-6-18-12/h5-6,8-10H,3-4,7H2,1-2H3,(H,19,23)(H,20,22). The van der Waals surface area contributed by atoms with Gasteiger partial charge in [-0.2, -0.15) is 0 Å². The van der Waals surface area contributed by atoms with E-state index in [1.54, 1.807) is 0 Å². The molecule has 0 spiro atoms. The molecule has 8 nitrogen and oxygen atoms in total. The summed E-state index contributed by atoms with van der Waals surface area (Å²) in [7, 11) is 0. The number of nitrogens with one attached hydrogen (secondary N) is 2. The third kappa shape index (κ3) is 3.42. The topological polar surface area (TPSA) is 110 Å². The van der Waals surface area contributed by atoms with Crippen LogP contribution in [0.15, 0.2) is 23.1 Å². The lowest BCUT2D eigenvalue weighted by Crippen LogP contribution is -2.40. The van der Waals surface area contributed by atoms with Gasteiger partial charge in [0, 0.05) is 36.5 Å². The maximum absolute atomic E-state index is 12.2. The molecule has 0 aliphatic heterocycles. The number of hydrogen-bond acceptors (Lipinski definition) is 6. The van der Waals surface area contributed by atoms with Crippen LogP contribution in [0.3, 0.4) is 0 Å². The molecule has 0 saturated carbocycles. The number of nitrogens with zero attached hydrogens (tertiary/aromatic N) is 3. The van der Waals surface area contributed by atoms with Crippen molar-refractivity contribution in [2.45, 2.75) is 45.2 Å². The minimum atomic E-state index is -0.277. The first-order valence-corrected chi connectivity index (χ1v) is 7.89. The number of carbonyl (C=O) groups excluding carboxylic acids is 2. The fraction of sp³-hybridized carbons (Fsp3) is 0.438. The van der Waals surface area contributed by atoms with Crippen LogP contribution >= 0.6 is 0 Å². The van der Waals surface area contributed by atoms with Crippen LogP contribution in [0, 0.1) is 0 Å². The Morgan fingerprint density at radius 3 is 2.83 bits per heavy atom. The van der Waals surface area contributed by atoms with Gasteiger partial charge in [0.05, 0.1) is 6.20 Å². The minimum Gasteiger partial charge on any atom is -0.360 e. The number of carbonyl (C=O) groups is 2. The first kappa shape index (κ1) is 16.1. The highest BCUT2D eigenvalue weighted by molar-refractivity contribution is 5.94. The van der Waals surface area contributed by atoms with Crippen LogP contribution in [0.1, 0.15) is 52.6 Å². The molecule has 1 aliphatic carbocycles. The van der Waals surface area contributed by atoms with E-state index in [0.717, 1.165) is 12.0 Å². The monoisotopic (exact) mass is 329 g/mol. The van der Waals surface area contributed by atoms with Crippen molar-refractivity contribution in [3.8, 4) is 0 Å². The summed E-state index contributed by atoms with van der Waals surface area (Å²) in [6.45, 7) is 3.77. The van der Waals surface area contributed by atoms with Gasteiger partial charge in [0.2, 0.25) is 0 Å². The molecule has 2 N–H and O–H groups in total. The molecule has 3 rings (SSSR count). The predicted octanol–water partition coefficient (Wildman–Crippen LogP) is 0.890. The lowest BCUT2D eigenvalue weighted by Gasteiger charge is -2.22. The van der Waals surface area contributed by atoms with Gasteiger partial charge in [-0.15, -0.1) is 0 Å². The average molecular weight is 329 g/mol. The molecule has 0 aromatic carbocycles. The summed E-state index contributed by atoms with van der Waals surface area (Å²) in [4.78, 5) is 32.3. The molecule has 2 aromatic heterocycles. The Hall–Kier alpha value is -2.77. The van der Waals surface area contributed by atoms with Crippen molar-refractivity contribution in [3.05, 3.63) is 41.3 Å². The Labute approximate surface area is 139 Å². The number of aromatic nitrogens is 3. The van der Waals surface area contributed by atoms with E-state index < -0.39 is 0 Å². The number of hydrogen-bond donors (Lipinski definition) is 2. The van der Waals surface area contributed by atoms with Crippen LogP contribution in [0.4, 0.5) is 0 Å². The molecule has 0 radical (unpaired) electrons. The zero-order valence-corrected chi connectivity index (χ0v) is 13.6. The van der Waals surface area contributed by atoms with Crippen molar-refractivity contribution in [3.63, 3.8) is 0 Å². The average Bonchev–Trinajstić information content (AvgIpc) is 2.98. The lowest BCUT2D eigenvalue weighted by atomic mass is 9.91. The van der Waals surface area contributed by atoms with Gasteiger partial charge in [-0.3, -0.25) is 14.6 Å². The van der Waals surface area contributed by atoms with E-state index in [-0.39, 0.29) is 29.6 Å². The van der Waals surface area contributed by atoms with Crippen LogP contribution in [-0.2, 0) is 12.8 Å². The zero-order valence-electron chi connectivity index (χ0n) is 13.6. The summed E-state index contributed by atoms with van der Waals surface area (Å²) in [6, 6.07) is -0.0856. The van der Waals surface area contributed by atoms with Crippen LogP contribution in [-0.4, -0.2) is 39.0 Å². The highest BCUT2D eigenvalue weighted by atomic mass is 16.5. The lowest BCUT2D eigenvalue weighted by molar-refractivity contribution is 0.0924. The SMILES string of the molecule is CC(C)NC(=O)c1noc2c1CC(NC(=O)c1cnccn1)CC2. The third-order valence-corrected chi connectivity index (χ3v) is 3.81. The molecular weight excluding hydrogens is 310 g/mol. The highest BCUT2D eigenvalue weighted by Crippen LogP contribution is 2.25. The quantitative estimate of drug-likeness (QED) is 0.862. The van der Waals surface area contributed by atoms with E-state index in [1.807, 2.05) is 13.8 Å². The molecule has 1 atom stereocenters. The summed E-state index contributed by atoms with van der Waals surface area (Å²) in [6.07, 6.45) is 6.26. The summed E-state index contributed by atoms with van der Waals surface area (Å²) in [5, 5.41) is 9.64. The fourth-order valence-corrected chi connectivity index (χ4v) is 2.71. The first-order valence-electron chi connectivity index (χ1n) is 7.89. The summed E-state index contributed by atoms with van der Waals surface area (Å²) >= 11 is 0. The van der Waals surface area contributed by atoms with Crippen molar-refractivity contribution < 1.29 is 14.1 Å². The number of amides is 2. The van der Waals surface area contributed by atoms with Crippen LogP contribution in [0.5, 0.6) is 0 Å². The predicted molar refractivity (Wildman–Crippen MR) is 84.4 cm³/mol. The van der Waals surface area contributed by atoms with Crippen molar-refractivity contribution in [2.24, 2.45) is 0 Å². The summed E-state index contributed by atoms with van der Waals surface area (Å²) < 4.78 is 5.28. The molecule has 1 unspecified atom stereocenters. The van der Waals surface area contributed by atoms with E-state index in [0.29, 0.717) is 24.3 Å². The van der Waals surface area contributed by atoms with E-state index in [2.05, 4.69) is 25.8 Å². The smallest absolute Gasteiger partial charge is 0.273 e. The molecule has 2 amide bonds. The van der Waals surface area contributed by atoms with Crippen LogP contribution in [0.2, 0.25) is 0 Å². The second-order valence-electron chi connectivity index (χ2n) is 6.06. The van der Waals surface area contributed by atoms with Crippen molar-refractivity contribution in [1.82, 2.24) is 25.8 Å². The minimum absolute atomic E-state index is 0.0144. The molecule has 8 heteroatoms. The van der Waals surface area contributed by atoms with Gasteiger partial charge in [-0.05, 0) is 26.7 Å². The van der Waals surface area contributed by atoms with Gasteiger partial charge >= 0.3 is 0 Å². The zero-order chi connectivity index (χ0) is 17.1. The normalized spacial score (nSPS) is 16.5. The molecule has 0 saturated heterocycles. The first-order chi connectivity index (χ1) is 11.5. The summed E-state index contributed by atoms with van der Waals surface area (Å²) in [5.74, 6) is 0.186. The Morgan fingerprint density at radius 1 is 1.29 bits per heavy atom. The number of rotatable bonds is 4. The van der Waals surface area contributed by atoms with Gasteiger partial charge < -0.3 is 15.2 Å². The molecule has 1 aliphatic rings. The Morgan fingerprint density at radius 2 is 2.12 bits per heavy atom. The highest BCUT2D eigenvalue weighted by Gasteiger charge is 2.29. The van der Waals surface area contributed by atoms with E-state index in [4.69, 9.17) is 4.52 Å². The second-order valence-corrected chi connectivity index (χ2v) is 6.06. The molecule has 2 aromatic rings. The molecule has 0 fully saturated rings. The van der Waals surface area contributed by atoms with Gasteiger partial charge in [-0.1, -0.05) is 5.16 Å². The van der Waals surface area contributed by atoms with Gasteiger partial charge in [-0.25, -0.2) is 4.98 Å². The van der Waals surface area contributed by atoms with Gasteiger partial charge in [0.25, 0.3) is 11.8 Å². The number of fused-ring (bicyclic) bond motifs is 1. The fourth-order valence-electron chi connectivity index (χ4n) is 2.71. The molecule has 0 bridgehead atoms. The Balaban J connectivity index is 1.71. The van der Waals surface area contributed by atoms with E-state index in [1.165, 1.54) is 18.6 Å². The second kappa shape index (κ2) is 6.77. The van der Waals surface area contributed by atoms with Gasteiger partial charge in [0.15, 0.2) is 5.69 Å². The third-order valence-electron chi connectivity index (χ3n) is 3.81. The number of aryl methyl sites for hydroxylation is 1. The molecule has 24 heavy (non-hydrogen) atoms. The van der Waals surface area contributed by atoms with Crippen molar-refractivity contribution >= 4 is 11.8 Å². The van der Waals surface area contributed by atoms with Crippen LogP contribution < -0.4 is 10.6 Å². The largest absolute Gasteiger partial charge is 0.360 e. The van der Waals surface area contributed by atoms with Crippen LogP contribution in [0.25, 0.3) is 0 Å². The summed E-state index contributed by atoms with van der Waals surface area (Å²) in [5.41, 5.74) is 1.34. The van der Waals surface area contributed by atoms with E-state index >= 15 is 0 Å². The maximum atomic E-state index is 12.2.